The van der Waals surface area contributed by atoms with Crippen LogP contribution in [0.4, 0.5) is 17.1 Å². The molecule has 5 aliphatic rings. The van der Waals surface area contributed by atoms with Crippen molar-refractivity contribution in [1.82, 2.24) is 4.57 Å². The molecule has 73 heavy (non-hydrogen) atoms. The lowest BCUT2D eigenvalue weighted by Gasteiger charge is -2.43. The molecule has 0 atom stereocenters. The largest absolute Gasteiger partial charge is 0.376 e. The number of thiophene rings is 1. The maximum atomic E-state index is 4.82. The molecule has 5 heteroatoms. The molecule has 2 aromatic heterocycles. The van der Waals surface area contributed by atoms with Gasteiger partial charge >= 0.3 is 6.85 Å². The van der Waals surface area contributed by atoms with Gasteiger partial charge in [0.15, 0.2) is 0 Å². The normalized spacial score (nSPS) is 17.4. The molecule has 0 spiro atoms. The van der Waals surface area contributed by atoms with Crippen LogP contribution < -0.4 is 20.6 Å². The van der Waals surface area contributed by atoms with Crippen LogP contribution >= 0.6 is 11.3 Å². The average molecular weight is 962 g/mol. The molecule has 3 aliphatic heterocycles. The Labute approximate surface area is 434 Å². The summed E-state index contributed by atoms with van der Waals surface area (Å²) in [5.74, 6) is 0. The van der Waals surface area contributed by atoms with Crippen LogP contribution in [0.5, 0.6) is 0 Å². The molecular weight excluding hydrogens is 902 g/mol. The van der Waals surface area contributed by atoms with Gasteiger partial charge in [0.2, 0.25) is 0 Å². The number of rotatable bonds is 2. The molecule has 0 bridgehead atoms. The van der Waals surface area contributed by atoms with Crippen molar-refractivity contribution in [2.75, 3.05) is 16.8 Å². The fourth-order valence-electron chi connectivity index (χ4n) is 14.2. The zero-order valence-corrected chi connectivity index (χ0v) is 44.6. The highest BCUT2D eigenvalue weighted by atomic mass is 32.1. The lowest BCUT2D eigenvalue weighted by molar-refractivity contribution is 0.331. The molecule has 0 unspecified atom stereocenters. The molecule has 0 saturated carbocycles. The van der Waals surface area contributed by atoms with Gasteiger partial charge in [-0.05, 0) is 156 Å². The number of nitrogens with zero attached hydrogens (tertiary/aromatic N) is 3. The third kappa shape index (κ3) is 5.72. The Morgan fingerprint density at radius 2 is 1.26 bits per heavy atom. The smallest absolute Gasteiger partial charge is 0.333 e. The molecule has 0 fully saturated rings. The van der Waals surface area contributed by atoms with Gasteiger partial charge in [-0.15, -0.1) is 11.3 Å². The molecule has 0 saturated heterocycles. The molecule has 10 aromatic rings. The Hall–Kier alpha value is -7.08. The number of anilines is 3. The van der Waals surface area contributed by atoms with Crippen LogP contribution in [-0.2, 0) is 21.7 Å². The lowest BCUT2D eigenvalue weighted by atomic mass is 9.43. The van der Waals surface area contributed by atoms with Crippen molar-refractivity contribution in [3.8, 4) is 27.9 Å². The summed E-state index contributed by atoms with van der Waals surface area (Å²) in [5, 5.41) is 5.26. The average Bonchev–Trinajstić information content (AvgIpc) is 4.00. The van der Waals surface area contributed by atoms with E-state index in [0.29, 0.717) is 0 Å². The number of aromatic nitrogens is 1. The van der Waals surface area contributed by atoms with Crippen LogP contribution in [0.25, 0.3) is 81.2 Å². The van der Waals surface area contributed by atoms with Gasteiger partial charge in [-0.1, -0.05) is 154 Å². The SMILES string of the molecule is C=C1C=C(c2ccccc2)N(C)c2cc3c(cc21)B1c2c(ccc4c5cc6c(cc5n-3c24)sc2ccccc26)-c2cc3c(cc2N1c1ccc(C(C)(C)C)cc1)C(C)(C)c1cc2c(cc1-3)C(C)(C)CCC2(C)C. The van der Waals surface area contributed by atoms with Gasteiger partial charge in [-0.3, -0.25) is 0 Å². The van der Waals surface area contributed by atoms with Gasteiger partial charge in [-0.2, -0.15) is 0 Å². The Kier molecular flexibility index (Phi) is 8.43. The highest BCUT2D eigenvalue weighted by molar-refractivity contribution is 7.25. The van der Waals surface area contributed by atoms with Crippen LogP contribution in [0.2, 0.25) is 0 Å². The van der Waals surface area contributed by atoms with E-state index in [0.717, 1.165) is 11.3 Å². The molecule has 2 aliphatic carbocycles. The second-order valence-corrected chi connectivity index (χ2v) is 26.0. The monoisotopic (exact) mass is 961 g/mol. The maximum Gasteiger partial charge on any atom is 0.333 e. The minimum absolute atomic E-state index is 0.0189. The number of allylic oxidation sites excluding steroid dienone is 2. The predicted octanol–water partition coefficient (Wildman–Crippen LogP) is 16.8. The fraction of sp³-hybridized carbons (Fsp3) is 0.235. The van der Waals surface area contributed by atoms with E-state index in [1.165, 1.54) is 150 Å². The summed E-state index contributed by atoms with van der Waals surface area (Å²) < 4.78 is 5.30. The second-order valence-electron chi connectivity index (χ2n) is 25.0. The van der Waals surface area contributed by atoms with E-state index in [1.54, 1.807) is 0 Å². The number of hydrogen-bond donors (Lipinski definition) is 0. The predicted molar refractivity (Wildman–Crippen MR) is 316 cm³/mol. The highest BCUT2D eigenvalue weighted by Crippen LogP contribution is 2.58. The van der Waals surface area contributed by atoms with Crippen molar-refractivity contribution in [1.29, 1.82) is 0 Å². The zero-order chi connectivity index (χ0) is 50.0. The van der Waals surface area contributed by atoms with Crippen molar-refractivity contribution in [3.63, 3.8) is 0 Å². The first kappa shape index (κ1) is 43.5. The van der Waals surface area contributed by atoms with Crippen LogP contribution in [0.1, 0.15) is 114 Å². The van der Waals surface area contributed by atoms with Gasteiger partial charge in [-0.25, -0.2) is 0 Å². The molecule has 8 aromatic carbocycles. The highest BCUT2D eigenvalue weighted by Gasteiger charge is 2.48. The van der Waals surface area contributed by atoms with E-state index in [4.69, 9.17) is 6.58 Å². The quantitative estimate of drug-likeness (QED) is 0.160. The van der Waals surface area contributed by atoms with Crippen molar-refractivity contribution in [3.05, 3.63) is 191 Å². The van der Waals surface area contributed by atoms with E-state index in [9.17, 15) is 0 Å². The number of benzene rings is 8. The molecule has 3 nitrogen and oxygen atoms in total. The number of hydrogen-bond acceptors (Lipinski definition) is 3. The van der Waals surface area contributed by atoms with Crippen LogP contribution in [-0.4, -0.2) is 18.5 Å². The van der Waals surface area contributed by atoms with Crippen LogP contribution in [0.3, 0.4) is 0 Å². The third-order valence-corrected chi connectivity index (χ3v) is 19.6. The summed E-state index contributed by atoms with van der Waals surface area (Å²) in [4.78, 5) is 5.13. The van der Waals surface area contributed by atoms with Gasteiger partial charge in [0.1, 0.15) is 0 Å². The summed E-state index contributed by atoms with van der Waals surface area (Å²) in [7, 11) is 2.23. The Morgan fingerprint density at radius 3 is 2.01 bits per heavy atom. The summed E-state index contributed by atoms with van der Waals surface area (Å²) >= 11 is 1.91. The van der Waals surface area contributed by atoms with Crippen LogP contribution in [0.15, 0.2) is 152 Å². The first-order valence-corrected chi connectivity index (χ1v) is 27.3. The first-order chi connectivity index (χ1) is 34.9. The van der Waals surface area contributed by atoms with E-state index in [1.807, 2.05) is 11.3 Å². The van der Waals surface area contributed by atoms with Crippen molar-refractivity contribution in [2.24, 2.45) is 0 Å². The Bertz CT molecular complexity index is 4190. The summed E-state index contributed by atoms with van der Waals surface area (Å²) in [6, 6.07) is 54.7. The molecule has 0 N–H and O–H groups in total. The summed E-state index contributed by atoms with van der Waals surface area (Å²) in [6.45, 7) is 26.5. The zero-order valence-electron chi connectivity index (χ0n) is 43.8. The second kappa shape index (κ2) is 14.2. The minimum Gasteiger partial charge on any atom is -0.376 e. The Balaban J connectivity index is 1.06. The van der Waals surface area contributed by atoms with E-state index >= 15 is 0 Å². The van der Waals surface area contributed by atoms with Crippen LogP contribution in [0, 0.1) is 0 Å². The minimum atomic E-state index is -0.198. The van der Waals surface area contributed by atoms with E-state index in [2.05, 4.69) is 229 Å². The van der Waals surface area contributed by atoms with E-state index in [-0.39, 0.29) is 28.5 Å². The van der Waals surface area contributed by atoms with Gasteiger partial charge < -0.3 is 14.3 Å². The van der Waals surface area contributed by atoms with Crippen molar-refractivity contribution in [2.45, 2.75) is 96.8 Å². The molecule has 356 valence electrons. The van der Waals surface area contributed by atoms with Gasteiger partial charge in [0.05, 0.1) is 16.7 Å². The topological polar surface area (TPSA) is 11.4 Å². The maximum absolute atomic E-state index is 4.82. The van der Waals surface area contributed by atoms with E-state index < -0.39 is 0 Å². The first-order valence-electron chi connectivity index (χ1n) is 26.5. The standard InChI is InChI=1S/C68H60BN3S/c1-38-29-56(39-17-13-12-14-18-39)70(11)57-36-60-55(33-45(38)57)69-63-43(25-26-44-49-31-50-42-19-15-16-20-61(42)73-62(50)37-58(49)71(60)64(44)63)48-30-46-47-32-53-54(67(7,8)28-27-66(53,5)6)34-51(47)68(9,10)52(46)35-59(48)72(69)41-23-21-40(22-24-41)65(2,3)4/h12-26,29-37H,1,27-28H2,2-11H3. The number of fused-ring (bicyclic) bond motifs is 16. The molecule has 15 rings (SSSR count). The Morgan fingerprint density at radius 1 is 0.562 bits per heavy atom. The third-order valence-electron chi connectivity index (χ3n) is 18.5. The molecule has 5 heterocycles. The van der Waals surface area contributed by atoms with Gasteiger partial charge in [0.25, 0.3) is 0 Å². The van der Waals surface area contributed by atoms with Crippen molar-refractivity contribution < 1.29 is 0 Å². The summed E-state index contributed by atoms with van der Waals surface area (Å²) in [6.07, 6.45) is 4.68. The molecular formula is C68H60BN3S. The van der Waals surface area contributed by atoms with Crippen molar-refractivity contribution >= 4 is 99.4 Å². The fourth-order valence-corrected chi connectivity index (χ4v) is 15.3. The summed E-state index contributed by atoms with van der Waals surface area (Å²) in [5.41, 5.74) is 27.4. The lowest BCUT2D eigenvalue weighted by Crippen LogP contribution is -2.60. The molecule has 0 amide bonds. The molecule has 0 radical (unpaired) electrons. The van der Waals surface area contributed by atoms with Gasteiger partial charge in [0, 0.05) is 77.3 Å².